The van der Waals surface area contributed by atoms with Crippen molar-refractivity contribution in [1.29, 1.82) is 0 Å². The fourth-order valence-electron chi connectivity index (χ4n) is 7.94. The standard InChI is InChI=1S/C22H25ClN4O2.C11H12ClN3.C11H16N2O2.C8H11N3O3.C8H13N3O.C5H3ClN2O2.ClH/c1-16-12-20(27(26-16)19-5-3-4-18(23)14-19)7-8-21(28)13-17-6-9-22(25-15-17)24-10-11-29-2;1-8-5-11(7-13)15(14-8)10-4-2-3-9(12)6-10;1-9(14)7-10-3-4-11(13-8-10)12-5-6-15-2;1-14-5-4-9-8-3-2-7(6-10-8)11(12)13;1-12-5-4-10-8-3-2-7(9)6-11-8;6-5-2-1-4(3-7-5)8(9)10;/h3-6,9,12,14-15H,7-8,10-11,13H2,1-2H3,(H,24,25);2-6H,7,13H2,1H3;3-4,8H,5-7H2,1-2H3,(H,12,13);2-3,6H,4-5H2,1H3,(H,9,10);2-3,6H,4-5,9H2,1H3,(H,10,11);1-3H;1H. The Bertz CT molecular complexity index is 3710. The van der Waals surface area contributed by atoms with Gasteiger partial charge in [0.2, 0.25) is 0 Å². The molecule has 0 fully saturated rings. The van der Waals surface area contributed by atoms with Gasteiger partial charge in [-0.1, -0.05) is 59.1 Å². The molecule has 0 bridgehead atoms. The molecule has 8 N–H and O–H groups in total. The number of aromatic nitrogens is 9. The van der Waals surface area contributed by atoms with Gasteiger partial charge in [0.15, 0.2) is 0 Å². The van der Waals surface area contributed by atoms with Gasteiger partial charge in [-0.25, -0.2) is 34.3 Å². The number of benzene rings is 2. The van der Waals surface area contributed by atoms with E-state index in [1.165, 1.54) is 24.4 Å². The molecule has 7 heterocycles. The number of pyridine rings is 5. The molecule has 2 aromatic carbocycles. The zero-order valence-electron chi connectivity index (χ0n) is 54.3. The van der Waals surface area contributed by atoms with E-state index in [9.17, 15) is 29.8 Å². The van der Waals surface area contributed by atoms with E-state index in [2.05, 4.69) is 56.4 Å². The van der Waals surface area contributed by atoms with E-state index in [0.717, 1.165) is 82.0 Å². The molecule has 0 spiro atoms. The molecule has 514 valence electrons. The number of hydrogen-bond acceptors (Lipinski definition) is 23. The number of nitrogens with two attached hydrogens (primary N) is 2. The first kappa shape index (κ1) is 80.9. The number of carbonyl (C=O) groups excluding carboxylic acids is 2. The second kappa shape index (κ2) is 45.9. The second-order valence-corrected chi connectivity index (χ2v) is 21.4. The van der Waals surface area contributed by atoms with Crippen LogP contribution in [0, 0.1) is 34.1 Å². The number of rotatable bonds is 28. The van der Waals surface area contributed by atoms with Gasteiger partial charge in [-0.15, -0.1) is 12.4 Å². The van der Waals surface area contributed by atoms with Gasteiger partial charge < -0.3 is 51.7 Å². The number of ketones is 2. The molecular weight excluding hydrogens is 1320 g/mol. The van der Waals surface area contributed by atoms with Gasteiger partial charge in [-0.2, -0.15) is 10.2 Å². The number of nitrogen functional groups attached to an aromatic ring is 1. The minimum Gasteiger partial charge on any atom is -0.397 e. The molecule has 96 heavy (non-hydrogen) atoms. The molecule has 0 saturated carbocycles. The molecule has 0 aliphatic heterocycles. The number of nitro groups is 2. The van der Waals surface area contributed by atoms with E-state index in [4.69, 9.17) is 65.2 Å². The maximum absolute atomic E-state index is 12.5. The summed E-state index contributed by atoms with van der Waals surface area (Å²) in [5.74, 6) is 3.33. The van der Waals surface area contributed by atoms with Crippen LogP contribution in [-0.4, -0.2) is 147 Å². The van der Waals surface area contributed by atoms with Crippen molar-refractivity contribution in [2.24, 2.45) is 5.73 Å². The first-order valence-electron chi connectivity index (χ1n) is 29.5. The maximum atomic E-state index is 12.5. The van der Waals surface area contributed by atoms with Crippen molar-refractivity contribution in [1.82, 2.24) is 44.5 Å². The van der Waals surface area contributed by atoms with E-state index in [-0.39, 0.29) is 40.5 Å². The Labute approximate surface area is 578 Å². The van der Waals surface area contributed by atoms with E-state index in [0.29, 0.717) is 93.3 Å². The van der Waals surface area contributed by atoms with Crippen molar-refractivity contribution in [2.75, 3.05) is 108 Å². The van der Waals surface area contributed by atoms with Gasteiger partial charge in [-0.05, 0) is 123 Å². The van der Waals surface area contributed by atoms with Crippen molar-refractivity contribution < 1.29 is 38.4 Å². The Kier molecular flexibility index (Phi) is 38.7. The number of anilines is 5. The number of methoxy groups -OCH3 is 4. The fraction of sp³-hybridized carbons (Fsp3) is 0.308. The minimum absolute atomic E-state index is 0. The Morgan fingerprint density at radius 3 is 1.30 bits per heavy atom. The lowest BCUT2D eigenvalue weighted by atomic mass is 10.1. The third kappa shape index (κ3) is 32.2. The summed E-state index contributed by atoms with van der Waals surface area (Å²) in [7, 11) is 6.58. The average molecular weight is 1400 g/mol. The summed E-state index contributed by atoms with van der Waals surface area (Å²) in [5.41, 5.74) is 19.3. The number of hydrogen-bond donors (Lipinski definition) is 6. The maximum Gasteiger partial charge on any atom is 0.287 e. The summed E-state index contributed by atoms with van der Waals surface area (Å²) in [6, 6.07) is 36.0. The van der Waals surface area contributed by atoms with Gasteiger partial charge in [0, 0.05) is 121 Å². The summed E-state index contributed by atoms with van der Waals surface area (Å²) in [4.78, 5) is 62.6. The average Bonchev–Trinajstić information content (AvgIpc) is 1.71. The molecule has 7 aromatic heterocycles. The number of aryl methyl sites for hydroxylation is 3. The minimum atomic E-state index is -0.524. The zero-order chi connectivity index (χ0) is 69.3. The van der Waals surface area contributed by atoms with Crippen LogP contribution >= 0.6 is 47.2 Å². The van der Waals surface area contributed by atoms with Gasteiger partial charge in [0.05, 0.1) is 76.6 Å². The SMILES string of the molecule is COCCNc1ccc(CC(=O)CCc2cc(C)nn2-c2cccc(Cl)c2)cn1.COCCNc1ccc(CC(C)=O)cn1.COCCNc1ccc(N)cn1.COCCNc1ccc([N+](=O)[O-])cn1.Cc1cc(CN)n(-c2cccc(Cl)c2)n1.Cl.O=[N+]([O-])c1ccc(Cl)nc1. The molecular formula is C65H81Cl4N17O10. The Morgan fingerprint density at radius 1 is 0.531 bits per heavy atom. The number of Topliss-reactive ketones (excluding diaryl/α,β-unsaturated/α-hetero) is 2. The molecule has 31 heteroatoms. The highest BCUT2D eigenvalue weighted by atomic mass is 35.5. The molecule has 0 saturated heterocycles. The van der Waals surface area contributed by atoms with Crippen molar-refractivity contribution in [3.8, 4) is 11.4 Å². The van der Waals surface area contributed by atoms with Gasteiger partial charge in [-0.3, -0.25) is 29.8 Å². The van der Waals surface area contributed by atoms with Crippen LogP contribution in [0.4, 0.5) is 40.3 Å². The van der Waals surface area contributed by atoms with Crippen LogP contribution in [0.2, 0.25) is 15.2 Å². The highest BCUT2D eigenvalue weighted by Gasteiger charge is 2.13. The van der Waals surface area contributed by atoms with Crippen molar-refractivity contribution in [3.05, 3.63) is 222 Å². The lowest BCUT2D eigenvalue weighted by Crippen LogP contribution is -2.10. The van der Waals surface area contributed by atoms with E-state index < -0.39 is 9.85 Å². The molecule has 0 radical (unpaired) electrons. The van der Waals surface area contributed by atoms with Gasteiger partial charge >= 0.3 is 0 Å². The van der Waals surface area contributed by atoms with Crippen LogP contribution in [0.1, 0.15) is 47.2 Å². The van der Waals surface area contributed by atoms with Crippen LogP contribution in [0.3, 0.4) is 0 Å². The van der Waals surface area contributed by atoms with Crippen LogP contribution in [0.5, 0.6) is 0 Å². The molecule has 0 aliphatic carbocycles. The summed E-state index contributed by atoms with van der Waals surface area (Å²) in [6.45, 7) is 11.2. The van der Waals surface area contributed by atoms with Crippen LogP contribution in [0.25, 0.3) is 11.4 Å². The van der Waals surface area contributed by atoms with Crippen molar-refractivity contribution >= 4 is 99.1 Å². The number of carbonyl (C=O) groups is 2. The molecule has 9 aromatic rings. The predicted octanol–water partition coefficient (Wildman–Crippen LogP) is 11.4. The number of halogens is 4. The predicted molar refractivity (Wildman–Crippen MR) is 379 cm³/mol. The summed E-state index contributed by atoms with van der Waals surface area (Å²) in [5, 5.41) is 43.2. The van der Waals surface area contributed by atoms with Gasteiger partial charge in [0.25, 0.3) is 11.4 Å². The van der Waals surface area contributed by atoms with E-state index in [1.54, 1.807) is 60.0 Å². The second-order valence-electron chi connectivity index (χ2n) is 20.1. The van der Waals surface area contributed by atoms with Crippen LogP contribution in [-0.2, 0) is 54.3 Å². The quantitative estimate of drug-likeness (QED) is 0.0115. The van der Waals surface area contributed by atoms with Crippen LogP contribution < -0.4 is 32.7 Å². The molecule has 9 rings (SSSR count). The van der Waals surface area contributed by atoms with Crippen LogP contribution in [0.15, 0.2) is 152 Å². The van der Waals surface area contributed by atoms with E-state index >= 15 is 0 Å². The smallest absolute Gasteiger partial charge is 0.287 e. The summed E-state index contributed by atoms with van der Waals surface area (Å²) < 4.78 is 23.3. The monoisotopic (exact) mass is 1400 g/mol. The first-order chi connectivity index (χ1) is 45.7. The number of nitrogens with zero attached hydrogens (tertiary/aromatic N) is 11. The lowest BCUT2D eigenvalue weighted by molar-refractivity contribution is -0.385. The summed E-state index contributed by atoms with van der Waals surface area (Å²) in [6.07, 6.45) is 9.30. The molecule has 0 unspecified atom stereocenters. The topological polar surface area (TPSA) is 358 Å². The zero-order valence-corrected chi connectivity index (χ0v) is 57.4. The Hall–Kier alpha value is -9.29. The first-order valence-corrected chi connectivity index (χ1v) is 30.6. The number of nitrogens with one attached hydrogen (secondary N) is 4. The van der Waals surface area contributed by atoms with E-state index in [1.807, 2.05) is 120 Å². The Morgan fingerprint density at radius 2 is 0.938 bits per heavy atom. The molecule has 27 nitrogen and oxygen atoms in total. The third-order valence-corrected chi connectivity index (χ3v) is 13.1. The number of ether oxygens (including phenoxy) is 4. The third-order valence-electron chi connectivity index (χ3n) is 12.4. The molecule has 0 atom stereocenters. The molecule has 0 aliphatic rings. The highest BCUT2D eigenvalue weighted by molar-refractivity contribution is 6.31. The lowest BCUT2D eigenvalue weighted by Gasteiger charge is -2.08. The van der Waals surface area contributed by atoms with Gasteiger partial charge in [0.1, 0.15) is 52.4 Å². The molecule has 0 amide bonds. The highest BCUT2D eigenvalue weighted by Crippen LogP contribution is 2.21. The Balaban J connectivity index is 0.000000312. The normalized spacial score (nSPS) is 10.1. The van der Waals surface area contributed by atoms with Crippen molar-refractivity contribution in [2.45, 2.75) is 53.0 Å². The fourth-order valence-corrected chi connectivity index (χ4v) is 8.42. The largest absolute Gasteiger partial charge is 0.397 e. The summed E-state index contributed by atoms with van der Waals surface area (Å²) >= 11 is 17.4. The van der Waals surface area contributed by atoms with Crippen molar-refractivity contribution in [3.63, 3.8) is 0 Å².